The average Bonchev–Trinajstić information content (AvgIpc) is 3.19. The number of amides is 1. The van der Waals surface area contributed by atoms with Crippen molar-refractivity contribution in [3.63, 3.8) is 0 Å². The minimum absolute atomic E-state index is 0.115. The van der Waals surface area contributed by atoms with Crippen molar-refractivity contribution in [1.82, 2.24) is 4.31 Å². The highest BCUT2D eigenvalue weighted by atomic mass is 32.2. The van der Waals surface area contributed by atoms with E-state index in [2.05, 4.69) is 5.32 Å². The largest absolute Gasteiger partial charge is 0.325 e. The Morgan fingerprint density at radius 1 is 1.04 bits per heavy atom. The summed E-state index contributed by atoms with van der Waals surface area (Å²) < 4.78 is 26.6. The van der Waals surface area contributed by atoms with Crippen LogP contribution in [0.4, 0.5) is 5.69 Å². The number of aryl methyl sites for hydroxylation is 1. The van der Waals surface area contributed by atoms with E-state index in [1.165, 1.54) is 21.6 Å². The first-order valence-electron chi connectivity index (χ1n) is 9.01. The maximum Gasteiger partial charge on any atom is 0.243 e. The first-order chi connectivity index (χ1) is 12.9. The van der Waals surface area contributed by atoms with E-state index < -0.39 is 10.0 Å². The van der Waals surface area contributed by atoms with Gasteiger partial charge in [0.2, 0.25) is 15.9 Å². The van der Waals surface area contributed by atoms with Crippen LogP contribution < -0.4 is 5.32 Å². The molecule has 1 fully saturated rings. The van der Waals surface area contributed by atoms with Crippen LogP contribution in [0.5, 0.6) is 0 Å². The fraction of sp³-hybridized carbons (Fsp3) is 0.350. The van der Waals surface area contributed by atoms with Crippen molar-refractivity contribution in [2.45, 2.75) is 41.7 Å². The minimum Gasteiger partial charge on any atom is -0.325 e. The minimum atomic E-state index is -3.43. The summed E-state index contributed by atoms with van der Waals surface area (Å²) in [5, 5.41) is 2.59. The molecular weight excluding hydrogens is 380 g/mol. The predicted octanol–water partition coefficient (Wildman–Crippen LogP) is 3.90. The fourth-order valence-electron chi connectivity index (χ4n) is 2.91. The van der Waals surface area contributed by atoms with Crippen LogP contribution in [-0.4, -0.2) is 37.0 Å². The molecule has 0 aromatic heterocycles. The number of carbonyl (C=O) groups is 1. The summed E-state index contributed by atoms with van der Waals surface area (Å²) in [5.41, 5.74) is 1.78. The van der Waals surface area contributed by atoms with Gasteiger partial charge in [-0.15, -0.1) is 11.8 Å². The molecule has 7 heteroatoms. The van der Waals surface area contributed by atoms with Gasteiger partial charge in [-0.2, -0.15) is 4.31 Å². The van der Waals surface area contributed by atoms with Crippen LogP contribution in [0.1, 0.15) is 25.3 Å². The Balaban J connectivity index is 1.61. The van der Waals surface area contributed by atoms with Gasteiger partial charge in [-0.25, -0.2) is 8.42 Å². The van der Waals surface area contributed by atoms with Gasteiger partial charge in [0, 0.05) is 23.7 Å². The molecule has 0 saturated carbocycles. The van der Waals surface area contributed by atoms with E-state index in [-0.39, 0.29) is 16.1 Å². The van der Waals surface area contributed by atoms with Gasteiger partial charge in [0.15, 0.2) is 0 Å². The number of anilines is 1. The molecule has 1 heterocycles. The summed E-state index contributed by atoms with van der Waals surface area (Å²) in [6.45, 7) is 5.04. The zero-order valence-electron chi connectivity index (χ0n) is 15.5. The molecular formula is C20H24N2O3S2. The first-order valence-corrected chi connectivity index (χ1v) is 11.3. The summed E-state index contributed by atoms with van der Waals surface area (Å²) in [5.74, 6) is -0.115. The third kappa shape index (κ3) is 4.91. The Labute approximate surface area is 165 Å². The molecule has 5 nitrogen and oxygen atoms in total. The molecule has 3 rings (SSSR count). The topological polar surface area (TPSA) is 66.5 Å². The van der Waals surface area contributed by atoms with Crippen molar-refractivity contribution < 1.29 is 13.2 Å². The summed E-state index contributed by atoms with van der Waals surface area (Å²) in [6.07, 6.45) is 1.81. The van der Waals surface area contributed by atoms with Gasteiger partial charge in [-0.3, -0.25) is 4.79 Å². The zero-order chi connectivity index (χ0) is 19.4. The quantitative estimate of drug-likeness (QED) is 0.742. The van der Waals surface area contributed by atoms with E-state index in [0.717, 1.165) is 17.7 Å². The molecule has 1 aliphatic heterocycles. The number of benzene rings is 2. The highest BCUT2D eigenvalue weighted by molar-refractivity contribution is 8.00. The fourth-order valence-corrected chi connectivity index (χ4v) is 5.29. The second-order valence-corrected chi connectivity index (χ2v) is 10.1. The van der Waals surface area contributed by atoms with Crippen molar-refractivity contribution in [1.29, 1.82) is 0 Å². The lowest BCUT2D eigenvalue weighted by molar-refractivity contribution is -0.115. The molecule has 1 atom stereocenters. The summed E-state index contributed by atoms with van der Waals surface area (Å²) >= 11 is 1.49. The predicted molar refractivity (Wildman–Crippen MR) is 110 cm³/mol. The highest BCUT2D eigenvalue weighted by Gasteiger charge is 2.27. The molecule has 144 valence electrons. The second kappa shape index (κ2) is 8.46. The molecule has 27 heavy (non-hydrogen) atoms. The van der Waals surface area contributed by atoms with Crippen LogP contribution >= 0.6 is 11.8 Å². The van der Waals surface area contributed by atoms with Crippen LogP contribution in [0.2, 0.25) is 0 Å². The van der Waals surface area contributed by atoms with Crippen molar-refractivity contribution in [3.05, 3.63) is 54.1 Å². The lowest BCUT2D eigenvalue weighted by atomic mass is 10.2. The number of rotatable bonds is 6. The molecule has 2 aromatic rings. The number of nitrogens with one attached hydrogen (secondary N) is 1. The van der Waals surface area contributed by atoms with Crippen molar-refractivity contribution in [3.8, 4) is 0 Å². The Kier molecular flexibility index (Phi) is 6.24. The van der Waals surface area contributed by atoms with Crippen molar-refractivity contribution >= 4 is 33.4 Å². The Bertz CT molecular complexity index is 888. The van der Waals surface area contributed by atoms with E-state index in [1.54, 1.807) is 24.3 Å². The average molecular weight is 405 g/mol. The van der Waals surface area contributed by atoms with Gasteiger partial charge in [-0.1, -0.05) is 17.7 Å². The Morgan fingerprint density at radius 2 is 1.63 bits per heavy atom. The van der Waals surface area contributed by atoms with E-state index >= 15 is 0 Å². The number of hydrogen-bond donors (Lipinski definition) is 1. The Hall–Kier alpha value is -1.83. The maximum atomic E-state index is 12.5. The lowest BCUT2D eigenvalue weighted by Crippen LogP contribution is -2.27. The van der Waals surface area contributed by atoms with E-state index in [4.69, 9.17) is 0 Å². The van der Waals surface area contributed by atoms with Crippen LogP contribution in [0, 0.1) is 6.92 Å². The third-order valence-corrected chi connectivity index (χ3v) is 7.55. The van der Waals surface area contributed by atoms with Gasteiger partial charge in [0.25, 0.3) is 0 Å². The molecule has 1 amide bonds. The molecule has 1 aliphatic rings. The molecule has 0 bridgehead atoms. The van der Waals surface area contributed by atoms with Crippen LogP contribution in [0.3, 0.4) is 0 Å². The monoisotopic (exact) mass is 404 g/mol. The van der Waals surface area contributed by atoms with Gasteiger partial charge in [0.05, 0.1) is 10.1 Å². The summed E-state index contributed by atoms with van der Waals surface area (Å²) in [4.78, 5) is 13.7. The summed E-state index contributed by atoms with van der Waals surface area (Å²) in [7, 11) is -3.43. The van der Waals surface area contributed by atoms with Crippen molar-refractivity contribution in [2.75, 3.05) is 18.4 Å². The molecule has 0 unspecified atom stereocenters. The molecule has 1 saturated heterocycles. The van der Waals surface area contributed by atoms with Gasteiger partial charge < -0.3 is 5.32 Å². The van der Waals surface area contributed by atoms with Crippen LogP contribution in [0.25, 0.3) is 0 Å². The van der Waals surface area contributed by atoms with Gasteiger partial charge in [0.1, 0.15) is 0 Å². The molecule has 0 radical (unpaired) electrons. The number of nitrogens with zero attached hydrogens (tertiary/aromatic N) is 1. The van der Waals surface area contributed by atoms with E-state index in [1.807, 2.05) is 38.1 Å². The second-order valence-electron chi connectivity index (χ2n) is 6.70. The van der Waals surface area contributed by atoms with Gasteiger partial charge >= 0.3 is 0 Å². The number of sulfonamides is 1. The van der Waals surface area contributed by atoms with E-state index in [0.29, 0.717) is 18.8 Å². The molecule has 1 N–H and O–H groups in total. The normalized spacial score (nSPS) is 16.2. The van der Waals surface area contributed by atoms with Crippen LogP contribution in [-0.2, 0) is 14.8 Å². The number of thioether (sulfide) groups is 1. The highest BCUT2D eigenvalue weighted by Crippen LogP contribution is 2.25. The van der Waals surface area contributed by atoms with E-state index in [9.17, 15) is 13.2 Å². The number of hydrogen-bond acceptors (Lipinski definition) is 4. The Morgan fingerprint density at radius 3 is 2.22 bits per heavy atom. The molecule has 2 aromatic carbocycles. The SMILES string of the molecule is Cc1ccc(S[C@@H](C)C(=O)Nc2ccc(S(=O)(=O)N3CCCC3)cc2)cc1. The third-order valence-electron chi connectivity index (χ3n) is 4.53. The van der Waals surface area contributed by atoms with Gasteiger partial charge in [-0.05, 0) is 63.1 Å². The smallest absolute Gasteiger partial charge is 0.243 e. The standard InChI is InChI=1S/C20H24N2O3S2/c1-15-5-9-18(10-6-15)26-16(2)20(23)21-17-7-11-19(12-8-17)27(24,25)22-13-3-4-14-22/h5-12,16H,3-4,13-14H2,1-2H3,(H,21,23)/t16-/m0/s1. The number of carbonyl (C=O) groups excluding carboxylic acids is 1. The van der Waals surface area contributed by atoms with Crippen molar-refractivity contribution in [2.24, 2.45) is 0 Å². The van der Waals surface area contributed by atoms with Crippen LogP contribution in [0.15, 0.2) is 58.3 Å². The maximum absolute atomic E-state index is 12.5. The molecule has 0 aliphatic carbocycles. The zero-order valence-corrected chi connectivity index (χ0v) is 17.1. The molecule has 0 spiro atoms. The summed E-state index contributed by atoms with van der Waals surface area (Å²) in [6, 6.07) is 14.4. The lowest BCUT2D eigenvalue weighted by Gasteiger charge is -2.16. The first kappa shape index (κ1) is 19.9.